The lowest BCUT2D eigenvalue weighted by Gasteiger charge is -2.13. The number of aliphatic hydroxyl groups is 1. The highest BCUT2D eigenvalue weighted by atomic mass is 19.1. The van der Waals surface area contributed by atoms with Gasteiger partial charge in [0.05, 0.1) is 0 Å². The molecule has 0 saturated heterocycles. The number of aliphatic hydroxyl groups excluding tert-OH is 1. The van der Waals surface area contributed by atoms with Gasteiger partial charge in [-0.1, -0.05) is 18.2 Å². The molecule has 0 radical (unpaired) electrons. The Labute approximate surface area is 90.1 Å². The first-order valence-electron chi connectivity index (χ1n) is 5.31. The first-order chi connectivity index (χ1) is 7.24. The monoisotopic (exact) mass is 211 g/mol. The quantitative estimate of drug-likeness (QED) is 0.755. The molecule has 0 fully saturated rings. The van der Waals surface area contributed by atoms with Crippen LogP contribution in [0.25, 0.3) is 0 Å². The number of nitrogens with one attached hydrogen (secondary N) is 1. The summed E-state index contributed by atoms with van der Waals surface area (Å²) in [6.45, 7) is 2.79. The molecule has 2 nitrogen and oxygen atoms in total. The Kier molecular flexibility index (Phi) is 5.29. The molecule has 1 atom stereocenters. The molecule has 0 unspecified atom stereocenters. The van der Waals surface area contributed by atoms with Gasteiger partial charge < -0.3 is 10.4 Å². The highest BCUT2D eigenvalue weighted by Gasteiger charge is 2.03. The normalized spacial score (nSPS) is 12.7. The van der Waals surface area contributed by atoms with Crippen molar-refractivity contribution in [2.24, 2.45) is 0 Å². The highest BCUT2D eigenvalue weighted by molar-refractivity contribution is 5.16. The van der Waals surface area contributed by atoms with Gasteiger partial charge in [-0.25, -0.2) is 4.39 Å². The van der Waals surface area contributed by atoms with Gasteiger partial charge in [0, 0.05) is 24.8 Å². The zero-order valence-electron chi connectivity index (χ0n) is 9.04. The Hall–Kier alpha value is -0.930. The smallest absolute Gasteiger partial charge is 0.127 e. The van der Waals surface area contributed by atoms with E-state index in [4.69, 9.17) is 5.11 Å². The minimum atomic E-state index is -0.167. The lowest BCUT2D eigenvalue weighted by atomic mass is 10.1. The third kappa shape index (κ3) is 4.40. The average Bonchev–Trinajstić information content (AvgIpc) is 2.25. The van der Waals surface area contributed by atoms with Gasteiger partial charge in [-0.3, -0.25) is 0 Å². The fraction of sp³-hybridized carbons (Fsp3) is 0.500. The summed E-state index contributed by atoms with van der Waals surface area (Å²) in [4.78, 5) is 0. The van der Waals surface area contributed by atoms with Gasteiger partial charge in [-0.05, 0) is 25.8 Å². The van der Waals surface area contributed by atoms with Crippen LogP contribution in [0.4, 0.5) is 4.39 Å². The Balaban J connectivity index is 2.33. The molecule has 0 bridgehead atoms. The molecular weight excluding hydrogens is 193 g/mol. The minimum absolute atomic E-state index is 0.167. The average molecular weight is 211 g/mol. The van der Waals surface area contributed by atoms with Crippen molar-refractivity contribution in [3.05, 3.63) is 35.6 Å². The summed E-state index contributed by atoms with van der Waals surface area (Å²) in [6.07, 6.45) is 1.69. The Morgan fingerprint density at radius 2 is 2.13 bits per heavy atom. The zero-order chi connectivity index (χ0) is 11.1. The summed E-state index contributed by atoms with van der Waals surface area (Å²) in [5, 5.41) is 11.9. The highest BCUT2D eigenvalue weighted by Crippen LogP contribution is 2.06. The molecule has 3 heteroatoms. The number of halogens is 1. The van der Waals surface area contributed by atoms with Crippen LogP contribution in [0, 0.1) is 5.82 Å². The van der Waals surface area contributed by atoms with Crippen LogP contribution >= 0.6 is 0 Å². The molecule has 0 aliphatic carbocycles. The van der Waals surface area contributed by atoms with E-state index in [1.54, 1.807) is 12.1 Å². The first kappa shape index (κ1) is 12.1. The van der Waals surface area contributed by atoms with E-state index in [1.165, 1.54) is 6.07 Å². The first-order valence-corrected chi connectivity index (χ1v) is 5.31. The van der Waals surface area contributed by atoms with E-state index >= 15 is 0 Å². The molecule has 1 aromatic rings. The van der Waals surface area contributed by atoms with Crippen molar-refractivity contribution in [3.8, 4) is 0 Å². The second kappa shape index (κ2) is 6.53. The van der Waals surface area contributed by atoms with E-state index in [0.29, 0.717) is 18.2 Å². The standard InChI is InChI=1S/C12H18FNO/c1-10(5-4-8-15)14-9-11-6-2-3-7-12(11)13/h2-3,6-7,10,14-15H,4-5,8-9H2,1H3/t10-/m1/s1. The molecule has 0 aliphatic heterocycles. The topological polar surface area (TPSA) is 32.3 Å². The molecule has 84 valence electrons. The van der Waals surface area contributed by atoms with Crippen LogP contribution in [0.5, 0.6) is 0 Å². The summed E-state index contributed by atoms with van der Waals surface area (Å²) in [5.41, 5.74) is 0.688. The summed E-state index contributed by atoms with van der Waals surface area (Å²) in [6, 6.07) is 7.07. The summed E-state index contributed by atoms with van der Waals surface area (Å²) >= 11 is 0. The molecule has 0 spiro atoms. The molecule has 0 heterocycles. The van der Waals surface area contributed by atoms with Crippen molar-refractivity contribution < 1.29 is 9.50 Å². The van der Waals surface area contributed by atoms with E-state index < -0.39 is 0 Å². The van der Waals surface area contributed by atoms with Crippen LogP contribution in [0.2, 0.25) is 0 Å². The second-order valence-corrected chi connectivity index (χ2v) is 3.74. The maximum absolute atomic E-state index is 13.2. The van der Waals surface area contributed by atoms with Gasteiger partial charge in [0.2, 0.25) is 0 Å². The maximum Gasteiger partial charge on any atom is 0.127 e. The van der Waals surface area contributed by atoms with Gasteiger partial charge in [-0.15, -0.1) is 0 Å². The summed E-state index contributed by atoms with van der Waals surface area (Å²) in [7, 11) is 0. The third-order valence-electron chi connectivity index (χ3n) is 2.39. The molecule has 0 aromatic heterocycles. The van der Waals surface area contributed by atoms with E-state index in [-0.39, 0.29) is 12.4 Å². The van der Waals surface area contributed by atoms with Crippen molar-refractivity contribution in [2.75, 3.05) is 6.61 Å². The number of benzene rings is 1. The van der Waals surface area contributed by atoms with Crippen LogP contribution in [0.1, 0.15) is 25.3 Å². The molecule has 0 aliphatic rings. The largest absolute Gasteiger partial charge is 0.396 e. The van der Waals surface area contributed by atoms with Crippen molar-refractivity contribution >= 4 is 0 Å². The van der Waals surface area contributed by atoms with Crippen LogP contribution in [0.3, 0.4) is 0 Å². The fourth-order valence-electron chi connectivity index (χ4n) is 1.43. The Bertz CT molecular complexity index is 291. The van der Waals surface area contributed by atoms with Crippen LogP contribution in [0.15, 0.2) is 24.3 Å². The van der Waals surface area contributed by atoms with Crippen LogP contribution in [-0.2, 0) is 6.54 Å². The predicted molar refractivity (Wildman–Crippen MR) is 59.0 cm³/mol. The SMILES string of the molecule is C[C@H](CCCO)NCc1ccccc1F. The molecule has 1 aromatic carbocycles. The summed E-state index contributed by atoms with van der Waals surface area (Å²) in [5.74, 6) is -0.167. The van der Waals surface area contributed by atoms with Crippen LogP contribution in [-0.4, -0.2) is 17.8 Å². The predicted octanol–water partition coefficient (Wildman–Crippen LogP) is 2.08. The molecule has 15 heavy (non-hydrogen) atoms. The van der Waals surface area contributed by atoms with Gasteiger partial charge in [0.15, 0.2) is 0 Å². The van der Waals surface area contributed by atoms with Gasteiger partial charge in [0.25, 0.3) is 0 Å². The Morgan fingerprint density at radius 1 is 1.40 bits per heavy atom. The Morgan fingerprint density at radius 3 is 2.80 bits per heavy atom. The molecule has 0 saturated carbocycles. The molecule has 0 amide bonds. The molecular formula is C12H18FNO. The van der Waals surface area contributed by atoms with E-state index in [1.807, 2.05) is 13.0 Å². The van der Waals surface area contributed by atoms with Crippen molar-refractivity contribution in [3.63, 3.8) is 0 Å². The van der Waals surface area contributed by atoms with Gasteiger partial charge >= 0.3 is 0 Å². The maximum atomic E-state index is 13.2. The lowest BCUT2D eigenvalue weighted by Crippen LogP contribution is -2.26. The minimum Gasteiger partial charge on any atom is -0.396 e. The number of hydrogen-bond donors (Lipinski definition) is 2. The number of hydrogen-bond acceptors (Lipinski definition) is 2. The number of rotatable bonds is 6. The van der Waals surface area contributed by atoms with E-state index in [0.717, 1.165) is 12.8 Å². The van der Waals surface area contributed by atoms with Gasteiger partial charge in [-0.2, -0.15) is 0 Å². The van der Waals surface area contributed by atoms with E-state index in [2.05, 4.69) is 5.32 Å². The summed E-state index contributed by atoms with van der Waals surface area (Å²) < 4.78 is 13.2. The van der Waals surface area contributed by atoms with Crippen molar-refractivity contribution in [2.45, 2.75) is 32.4 Å². The zero-order valence-corrected chi connectivity index (χ0v) is 9.04. The molecule has 2 N–H and O–H groups in total. The second-order valence-electron chi connectivity index (χ2n) is 3.74. The van der Waals surface area contributed by atoms with Gasteiger partial charge in [0.1, 0.15) is 5.82 Å². The molecule has 1 rings (SSSR count). The lowest BCUT2D eigenvalue weighted by molar-refractivity contribution is 0.276. The van der Waals surface area contributed by atoms with Crippen molar-refractivity contribution in [1.82, 2.24) is 5.32 Å². The van der Waals surface area contributed by atoms with E-state index in [9.17, 15) is 4.39 Å². The third-order valence-corrected chi connectivity index (χ3v) is 2.39. The van der Waals surface area contributed by atoms with Crippen molar-refractivity contribution in [1.29, 1.82) is 0 Å². The van der Waals surface area contributed by atoms with Crippen LogP contribution < -0.4 is 5.32 Å². The fourth-order valence-corrected chi connectivity index (χ4v) is 1.43.